The quantitative estimate of drug-likeness (QED) is 0.741. The lowest BCUT2D eigenvalue weighted by molar-refractivity contribution is -0.141. The van der Waals surface area contributed by atoms with Crippen molar-refractivity contribution in [2.75, 3.05) is 6.54 Å². The molecule has 2 amide bonds. The Morgan fingerprint density at radius 2 is 1.61 bits per heavy atom. The second-order valence-electron chi connectivity index (χ2n) is 7.64. The summed E-state index contributed by atoms with van der Waals surface area (Å²) in [6, 6.07) is 16.0. The van der Waals surface area contributed by atoms with Crippen LogP contribution < -0.4 is 5.32 Å². The zero-order chi connectivity index (χ0) is 20.3. The van der Waals surface area contributed by atoms with Crippen molar-refractivity contribution in [3.05, 3.63) is 69.7 Å². The predicted molar refractivity (Wildman–Crippen MR) is 115 cm³/mol. The smallest absolute Gasteiger partial charge is 0.226 e. The number of fused-ring (bicyclic) bond motifs is 1. The van der Waals surface area contributed by atoms with Crippen LogP contribution >= 0.6 is 15.9 Å². The molecule has 0 saturated heterocycles. The van der Waals surface area contributed by atoms with Gasteiger partial charge in [0.15, 0.2) is 0 Å². The van der Waals surface area contributed by atoms with Crippen molar-refractivity contribution in [2.45, 2.75) is 39.8 Å². The molecule has 0 fully saturated rings. The van der Waals surface area contributed by atoms with Crippen molar-refractivity contribution in [2.24, 2.45) is 11.8 Å². The zero-order valence-corrected chi connectivity index (χ0v) is 18.2. The van der Waals surface area contributed by atoms with Crippen LogP contribution in [0.3, 0.4) is 0 Å². The summed E-state index contributed by atoms with van der Waals surface area (Å²) >= 11 is 3.42. The topological polar surface area (TPSA) is 49.4 Å². The number of rotatable bonds is 5. The molecule has 1 aliphatic heterocycles. The lowest BCUT2D eigenvalue weighted by Crippen LogP contribution is -2.44. The average molecular weight is 443 g/mol. The first-order valence-electron chi connectivity index (χ1n) is 9.78. The fourth-order valence-corrected chi connectivity index (χ4v) is 3.86. The monoisotopic (exact) mass is 442 g/mol. The lowest BCUT2D eigenvalue weighted by atomic mass is 9.91. The normalized spacial score (nSPS) is 16.6. The predicted octanol–water partition coefficient (Wildman–Crippen LogP) is 4.48. The number of halogens is 1. The highest BCUT2D eigenvalue weighted by molar-refractivity contribution is 9.10. The van der Waals surface area contributed by atoms with Crippen LogP contribution in [-0.2, 0) is 22.6 Å². The summed E-state index contributed by atoms with van der Waals surface area (Å²) in [6.07, 6.45) is 0.871. The third kappa shape index (κ3) is 4.64. The zero-order valence-electron chi connectivity index (χ0n) is 16.6. The van der Waals surface area contributed by atoms with Gasteiger partial charge in [-0.1, -0.05) is 66.2 Å². The van der Waals surface area contributed by atoms with E-state index in [1.807, 2.05) is 62.1 Å². The fourth-order valence-electron chi connectivity index (χ4n) is 3.59. The van der Waals surface area contributed by atoms with Crippen molar-refractivity contribution in [3.63, 3.8) is 0 Å². The molecule has 1 heterocycles. The molecule has 28 heavy (non-hydrogen) atoms. The Morgan fingerprint density at radius 1 is 0.964 bits per heavy atom. The molecule has 0 aromatic heterocycles. The summed E-state index contributed by atoms with van der Waals surface area (Å²) in [5, 5.41) is 3.04. The van der Waals surface area contributed by atoms with Crippen LogP contribution in [-0.4, -0.2) is 23.3 Å². The second kappa shape index (κ2) is 8.91. The van der Waals surface area contributed by atoms with Gasteiger partial charge in [0.05, 0.1) is 6.04 Å². The third-order valence-corrected chi connectivity index (χ3v) is 6.25. The number of nitrogens with one attached hydrogen (secondary N) is 1. The molecule has 148 valence electrons. The van der Waals surface area contributed by atoms with E-state index in [2.05, 4.69) is 33.4 Å². The van der Waals surface area contributed by atoms with E-state index >= 15 is 0 Å². The molecule has 0 saturated carbocycles. The van der Waals surface area contributed by atoms with E-state index < -0.39 is 0 Å². The van der Waals surface area contributed by atoms with Crippen LogP contribution in [0.15, 0.2) is 53.0 Å². The van der Waals surface area contributed by atoms with Gasteiger partial charge in [-0.2, -0.15) is 0 Å². The molecule has 1 N–H and O–H groups in total. The Labute approximate surface area is 175 Å². The molecular formula is C23H27BrN2O2. The number of benzene rings is 2. The first kappa shape index (κ1) is 20.6. The minimum absolute atomic E-state index is 0.0495. The van der Waals surface area contributed by atoms with Crippen LogP contribution in [0, 0.1) is 11.8 Å². The lowest BCUT2D eigenvalue weighted by Gasteiger charge is -2.32. The van der Waals surface area contributed by atoms with Crippen molar-refractivity contribution >= 4 is 27.7 Å². The maximum atomic E-state index is 13.0. The highest BCUT2D eigenvalue weighted by Gasteiger charge is 2.31. The number of carbonyl (C=O) groups excluding carboxylic acids is 2. The van der Waals surface area contributed by atoms with Crippen LogP contribution in [0.2, 0.25) is 0 Å². The summed E-state index contributed by atoms with van der Waals surface area (Å²) < 4.78 is 1.01. The SMILES string of the molecule is C[C@@H](NC(=O)[C@H](C)[C@@H](C)C(=O)N1CCc2ccccc2C1)c1ccc(Br)cc1. The van der Waals surface area contributed by atoms with Gasteiger partial charge in [-0.05, 0) is 42.2 Å². The average Bonchev–Trinajstić information content (AvgIpc) is 2.72. The van der Waals surface area contributed by atoms with E-state index in [0.717, 1.165) is 16.5 Å². The largest absolute Gasteiger partial charge is 0.349 e. The Balaban J connectivity index is 1.60. The summed E-state index contributed by atoms with van der Waals surface area (Å²) in [5.74, 6) is -0.785. The van der Waals surface area contributed by atoms with Gasteiger partial charge in [0, 0.05) is 29.4 Å². The van der Waals surface area contributed by atoms with Crippen molar-refractivity contribution < 1.29 is 9.59 Å². The van der Waals surface area contributed by atoms with Crippen LogP contribution in [0.5, 0.6) is 0 Å². The molecule has 0 spiro atoms. The first-order chi connectivity index (χ1) is 13.4. The summed E-state index contributed by atoms with van der Waals surface area (Å²) in [5.41, 5.74) is 3.55. The molecule has 3 rings (SSSR count). The third-order valence-electron chi connectivity index (χ3n) is 5.72. The number of amides is 2. The highest BCUT2D eigenvalue weighted by Crippen LogP contribution is 2.23. The summed E-state index contributed by atoms with van der Waals surface area (Å²) in [6.45, 7) is 7.00. The van der Waals surface area contributed by atoms with E-state index in [-0.39, 0.29) is 29.7 Å². The molecule has 3 atom stereocenters. The number of hydrogen-bond donors (Lipinski definition) is 1. The van der Waals surface area contributed by atoms with E-state index in [1.165, 1.54) is 11.1 Å². The molecule has 4 nitrogen and oxygen atoms in total. The van der Waals surface area contributed by atoms with E-state index in [1.54, 1.807) is 0 Å². The van der Waals surface area contributed by atoms with Gasteiger partial charge in [-0.15, -0.1) is 0 Å². The first-order valence-corrected chi connectivity index (χ1v) is 10.6. The van der Waals surface area contributed by atoms with Crippen molar-refractivity contribution in [1.82, 2.24) is 10.2 Å². The fraction of sp³-hybridized carbons (Fsp3) is 0.391. The van der Waals surface area contributed by atoms with Gasteiger partial charge < -0.3 is 10.2 Å². The summed E-state index contributed by atoms with van der Waals surface area (Å²) in [4.78, 5) is 27.6. The number of carbonyl (C=O) groups is 2. The van der Waals surface area contributed by atoms with Crippen LogP contribution in [0.25, 0.3) is 0 Å². The van der Waals surface area contributed by atoms with E-state index in [4.69, 9.17) is 0 Å². The van der Waals surface area contributed by atoms with Gasteiger partial charge in [-0.3, -0.25) is 9.59 Å². The molecule has 1 aliphatic rings. The van der Waals surface area contributed by atoms with Crippen molar-refractivity contribution in [3.8, 4) is 0 Å². The molecule has 0 unspecified atom stereocenters. The van der Waals surface area contributed by atoms with Gasteiger partial charge in [0.1, 0.15) is 0 Å². The standard InChI is InChI=1S/C23H27BrN2O2/c1-15(22(27)25-17(3)18-8-10-21(24)11-9-18)16(2)23(28)26-13-12-19-6-4-5-7-20(19)14-26/h4-11,15-17H,12-14H2,1-3H3,(H,25,27)/t15-,16-,17-/m1/s1. The Hall–Kier alpha value is -2.14. The number of nitrogens with zero attached hydrogens (tertiary/aromatic N) is 1. The van der Waals surface area contributed by atoms with Crippen LogP contribution in [0.4, 0.5) is 0 Å². The molecule has 0 bridgehead atoms. The minimum Gasteiger partial charge on any atom is -0.349 e. The Bertz CT molecular complexity index is 850. The van der Waals surface area contributed by atoms with Gasteiger partial charge in [-0.25, -0.2) is 0 Å². The van der Waals surface area contributed by atoms with Gasteiger partial charge in [0.25, 0.3) is 0 Å². The molecule has 0 radical (unpaired) electrons. The Kier molecular flexibility index (Phi) is 6.55. The highest BCUT2D eigenvalue weighted by atomic mass is 79.9. The maximum Gasteiger partial charge on any atom is 0.226 e. The van der Waals surface area contributed by atoms with E-state index in [0.29, 0.717) is 13.1 Å². The molecule has 0 aliphatic carbocycles. The van der Waals surface area contributed by atoms with E-state index in [9.17, 15) is 9.59 Å². The van der Waals surface area contributed by atoms with Gasteiger partial charge in [0.2, 0.25) is 11.8 Å². The number of hydrogen-bond acceptors (Lipinski definition) is 2. The minimum atomic E-state index is -0.387. The van der Waals surface area contributed by atoms with Crippen LogP contribution in [0.1, 0.15) is 43.5 Å². The maximum absolute atomic E-state index is 13.0. The second-order valence-corrected chi connectivity index (χ2v) is 8.55. The summed E-state index contributed by atoms with van der Waals surface area (Å²) in [7, 11) is 0. The van der Waals surface area contributed by atoms with Gasteiger partial charge >= 0.3 is 0 Å². The van der Waals surface area contributed by atoms with Crippen molar-refractivity contribution in [1.29, 1.82) is 0 Å². The molecule has 2 aromatic rings. The Morgan fingerprint density at radius 3 is 2.29 bits per heavy atom. The molecular weight excluding hydrogens is 416 g/mol. The molecule has 2 aromatic carbocycles. The molecule has 5 heteroatoms.